The molecule has 3 N–H and O–H groups in total. The van der Waals surface area contributed by atoms with E-state index < -0.39 is 23.5 Å². The van der Waals surface area contributed by atoms with Gasteiger partial charge in [0, 0.05) is 21.6 Å². The molecular formula is C30H28ClN3O4. The molecule has 1 aliphatic rings. The first-order chi connectivity index (χ1) is 18.2. The van der Waals surface area contributed by atoms with Crippen molar-refractivity contribution < 1.29 is 19.5 Å². The summed E-state index contributed by atoms with van der Waals surface area (Å²) >= 11 is 6.10. The van der Waals surface area contributed by atoms with Crippen LogP contribution in [0, 0.1) is 0 Å². The Morgan fingerprint density at radius 3 is 2.55 bits per heavy atom. The standard InChI is InChI=1S/C30H28ClN3O4/c1-30(18-27(35)36)17-20-9-5-6-10-26(20)34(30)29(38)24(13-11-19-7-3-2-4-8-19)33-28(37)25-16-21-15-22(31)12-14-23(21)32-25/h2-10,12,14-16,24,32H,11,13,17-18H2,1H3,(H,33,37)(H,35,36)/t24-,30+/m0/s1. The summed E-state index contributed by atoms with van der Waals surface area (Å²) in [6.07, 6.45) is 1.12. The number of hydrogen-bond donors (Lipinski definition) is 3. The Hall–Kier alpha value is -4.10. The lowest BCUT2D eigenvalue weighted by Crippen LogP contribution is -2.56. The van der Waals surface area contributed by atoms with Gasteiger partial charge in [-0.1, -0.05) is 60.1 Å². The third-order valence-electron chi connectivity index (χ3n) is 7.09. The fourth-order valence-corrected chi connectivity index (χ4v) is 5.52. The summed E-state index contributed by atoms with van der Waals surface area (Å²) in [5.41, 5.74) is 2.74. The van der Waals surface area contributed by atoms with E-state index in [4.69, 9.17) is 11.6 Å². The minimum absolute atomic E-state index is 0.213. The van der Waals surface area contributed by atoms with E-state index in [1.807, 2.05) is 54.6 Å². The van der Waals surface area contributed by atoms with Crippen molar-refractivity contribution in [3.8, 4) is 0 Å². The summed E-state index contributed by atoms with van der Waals surface area (Å²) < 4.78 is 0. The smallest absolute Gasteiger partial charge is 0.305 e. The number of carbonyl (C=O) groups excluding carboxylic acids is 2. The maximum Gasteiger partial charge on any atom is 0.305 e. The Balaban J connectivity index is 1.47. The van der Waals surface area contributed by atoms with Crippen molar-refractivity contribution in [1.82, 2.24) is 10.3 Å². The number of amides is 2. The first-order valence-corrected chi connectivity index (χ1v) is 12.9. The molecule has 2 amide bonds. The number of hydrogen-bond acceptors (Lipinski definition) is 3. The van der Waals surface area contributed by atoms with Gasteiger partial charge in [0.2, 0.25) is 5.91 Å². The van der Waals surface area contributed by atoms with E-state index in [-0.39, 0.29) is 12.3 Å². The highest BCUT2D eigenvalue weighted by Crippen LogP contribution is 2.41. The Morgan fingerprint density at radius 2 is 1.79 bits per heavy atom. The molecule has 0 saturated carbocycles. The molecule has 4 aromatic rings. The number of para-hydroxylation sites is 1. The zero-order chi connectivity index (χ0) is 26.9. The summed E-state index contributed by atoms with van der Waals surface area (Å²) in [5.74, 6) is -1.74. The largest absolute Gasteiger partial charge is 0.481 e. The average Bonchev–Trinajstić information content (AvgIpc) is 3.43. The van der Waals surface area contributed by atoms with E-state index in [9.17, 15) is 19.5 Å². The van der Waals surface area contributed by atoms with Gasteiger partial charge >= 0.3 is 5.97 Å². The van der Waals surface area contributed by atoms with Crippen LogP contribution in [0.5, 0.6) is 0 Å². The van der Waals surface area contributed by atoms with Gasteiger partial charge in [0.15, 0.2) is 0 Å². The van der Waals surface area contributed by atoms with Crippen LogP contribution in [0.3, 0.4) is 0 Å². The molecule has 2 atom stereocenters. The number of anilines is 1. The first kappa shape index (κ1) is 25.5. The van der Waals surface area contributed by atoms with Gasteiger partial charge in [0.25, 0.3) is 5.91 Å². The number of halogens is 1. The summed E-state index contributed by atoms with van der Waals surface area (Å²) in [5, 5.41) is 14.0. The molecule has 0 saturated heterocycles. The second-order valence-electron chi connectivity index (χ2n) is 10.0. The van der Waals surface area contributed by atoms with Gasteiger partial charge < -0.3 is 20.3 Å². The van der Waals surface area contributed by atoms with Gasteiger partial charge in [-0.15, -0.1) is 0 Å². The van der Waals surface area contributed by atoms with Gasteiger partial charge in [0.05, 0.1) is 12.0 Å². The molecule has 8 heteroatoms. The molecule has 0 bridgehead atoms. The van der Waals surface area contributed by atoms with Crippen LogP contribution in [-0.4, -0.2) is 39.5 Å². The highest BCUT2D eigenvalue weighted by molar-refractivity contribution is 6.31. The third-order valence-corrected chi connectivity index (χ3v) is 7.33. The third kappa shape index (κ3) is 5.15. The molecule has 3 aromatic carbocycles. The van der Waals surface area contributed by atoms with Crippen LogP contribution in [0.2, 0.25) is 5.02 Å². The van der Waals surface area contributed by atoms with E-state index in [0.717, 1.165) is 22.0 Å². The monoisotopic (exact) mass is 529 g/mol. The number of benzene rings is 3. The quantitative estimate of drug-likeness (QED) is 0.285. The summed E-state index contributed by atoms with van der Waals surface area (Å²) in [7, 11) is 0. The summed E-state index contributed by atoms with van der Waals surface area (Å²) in [4.78, 5) is 44.1. The topological polar surface area (TPSA) is 102 Å². The molecule has 194 valence electrons. The number of fused-ring (bicyclic) bond motifs is 2. The Morgan fingerprint density at radius 1 is 1.05 bits per heavy atom. The predicted molar refractivity (Wildman–Crippen MR) is 148 cm³/mol. The number of aromatic nitrogens is 1. The van der Waals surface area contributed by atoms with E-state index in [1.165, 1.54) is 0 Å². The number of H-pyrrole nitrogens is 1. The molecule has 1 aromatic heterocycles. The Kier molecular flexibility index (Phi) is 6.95. The zero-order valence-electron chi connectivity index (χ0n) is 20.9. The van der Waals surface area contributed by atoms with Crippen LogP contribution in [0.25, 0.3) is 10.9 Å². The number of nitrogens with zero attached hydrogens (tertiary/aromatic N) is 1. The van der Waals surface area contributed by atoms with Crippen molar-refractivity contribution in [2.24, 2.45) is 0 Å². The molecule has 0 unspecified atom stereocenters. The van der Waals surface area contributed by atoms with Crippen LogP contribution < -0.4 is 10.2 Å². The van der Waals surface area contributed by atoms with Crippen molar-refractivity contribution in [2.45, 2.75) is 44.2 Å². The Labute approximate surface area is 225 Å². The van der Waals surface area contributed by atoms with Crippen LogP contribution in [0.4, 0.5) is 5.69 Å². The lowest BCUT2D eigenvalue weighted by molar-refractivity contribution is -0.138. The normalized spacial score (nSPS) is 17.3. The summed E-state index contributed by atoms with van der Waals surface area (Å²) in [6.45, 7) is 1.79. The second-order valence-corrected chi connectivity index (χ2v) is 10.4. The molecule has 0 spiro atoms. The zero-order valence-corrected chi connectivity index (χ0v) is 21.7. The molecule has 2 heterocycles. The number of rotatable bonds is 8. The van der Waals surface area contributed by atoms with Crippen molar-refractivity contribution in [2.75, 3.05) is 4.90 Å². The highest BCUT2D eigenvalue weighted by atomic mass is 35.5. The van der Waals surface area contributed by atoms with Crippen molar-refractivity contribution in [1.29, 1.82) is 0 Å². The molecule has 38 heavy (non-hydrogen) atoms. The van der Waals surface area contributed by atoms with Gasteiger partial charge in [-0.05, 0) is 67.6 Å². The minimum Gasteiger partial charge on any atom is -0.481 e. The maximum absolute atomic E-state index is 14.2. The number of carbonyl (C=O) groups is 3. The van der Waals surface area contributed by atoms with Crippen LogP contribution in [0.1, 0.15) is 41.4 Å². The van der Waals surface area contributed by atoms with Crippen molar-refractivity contribution >= 4 is 46.0 Å². The van der Waals surface area contributed by atoms with Gasteiger partial charge in [0.1, 0.15) is 11.7 Å². The molecule has 0 radical (unpaired) electrons. The highest BCUT2D eigenvalue weighted by Gasteiger charge is 2.46. The number of nitrogens with one attached hydrogen (secondary N) is 2. The minimum atomic E-state index is -0.986. The first-order valence-electron chi connectivity index (χ1n) is 12.5. The van der Waals surface area contributed by atoms with E-state index in [0.29, 0.717) is 35.7 Å². The van der Waals surface area contributed by atoms with E-state index >= 15 is 0 Å². The fraction of sp³-hybridized carbons (Fsp3) is 0.233. The van der Waals surface area contributed by atoms with Gasteiger partial charge in [-0.3, -0.25) is 14.4 Å². The van der Waals surface area contributed by atoms with Crippen LogP contribution in [0.15, 0.2) is 78.9 Å². The number of carboxylic acid groups (broad SMARTS) is 1. The number of aromatic amines is 1. The lowest BCUT2D eigenvalue weighted by Gasteiger charge is -2.37. The fourth-order valence-electron chi connectivity index (χ4n) is 5.34. The number of aryl methyl sites for hydroxylation is 1. The summed E-state index contributed by atoms with van der Waals surface area (Å²) in [6, 6.07) is 23.3. The molecule has 1 aliphatic heterocycles. The number of aliphatic carboxylic acids is 1. The maximum atomic E-state index is 14.2. The van der Waals surface area contributed by atoms with Crippen molar-refractivity contribution in [3.05, 3.63) is 101 Å². The van der Waals surface area contributed by atoms with Crippen LogP contribution >= 0.6 is 11.6 Å². The average molecular weight is 530 g/mol. The second kappa shape index (κ2) is 10.3. The molecule has 0 fully saturated rings. The molecule has 5 rings (SSSR count). The van der Waals surface area contributed by atoms with Gasteiger partial charge in [-0.25, -0.2) is 0 Å². The lowest BCUT2D eigenvalue weighted by atomic mass is 9.91. The van der Waals surface area contributed by atoms with Crippen molar-refractivity contribution in [3.63, 3.8) is 0 Å². The number of carboxylic acids is 1. The van der Waals surface area contributed by atoms with Gasteiger partial charge in [-0.2, -0.15) is 0 Å². The van der Waals surface area contributed by atoms with Crippen LogP contribution in [-0.2, 0) is 22.4 Å². The molecular weight excluding hydrogens is 502 g/mol. The van der Waals surface area contributed by atoms with E-state index in [2.05, 4.69) is 10.3 Å². The SMILES string of the molecule is C[C@]1(CC(=O)O)Cc2ccccc2N1C(=O)[C@H](CCc1ccccc1)NC(=O)c1cc2cc(Cl)ccc2[nH]1. The predicted octanol–water partition coefficient (Wildman–Crippen LogP) is 5.38. The van der Waals surface area contributed by atoms with E-state index in [1.54, 1.807) is 36.1 Å². The Bertz CT molecular complexity index is 1520. The molecule has 7 nitrogen and oxygen atoms in total. The molecule has 0 aliphatic carbocycles.